The molecule has 0 unspecified atom stereocenters. The van der Waals surface area contributed by atoms with Gasteiger partial charge in [0.05, 0.1) is 0 Å². The van der Waals surface area contributed by atoms with Crippen LogP contribution in [0.4, 0.5) is 10.3 Å². The fraction of sp³-hybridized carbons (Fsp3) is 0. The molecule has 5 heteroatoms. The van der Waals surface area contributed by atoms with E-state index in [1.165, 1.54) is 18.6 Å². The lowest BCUT2D eigenvalue weighted by Crippen LogP contribution is -1.86. The van der Waals surface area contributed by atoms with E-state index >= 15 is 0 Å². The Kier molecular flexibility index (Phi) is 2.31. The molecule has 1 N–H and O–H groups in total. The van der Waals surface area contributed by atoms with Crippen molar-refractivity contribution < 1.29 is 4.39 Å². The first-order chi connectivity index (χ1) is 6.86. The number of aromatic amines is 1. The summed E-state index contributed by atoms with van der Waals surface area (Å²) in [7, 11) is 0. The number of aromatic nitrogens is 3. The third-order valence-corrected chi connectivity index (χ3v) is 1.63. The quantitative estimate of drug-likeness (QED) is 0.732. The topological polar surface area (TPSA) is 53.9 Å². The van der Waals surface area contributed by atoms with E-state index in [1.807, 2.05) is 0 Å². The van der Waals surface area contributed by atoms with Crippen molar-refractivity contribution in [3.05, 3.63) is 42.0 Å². The van der Waals surface area contributed by atoms with Crippen molar-refractivity contribution in [3.63, 3.8) is 0 Å². The van der Waals surface area contributed by atoms with E-state index in [9.17, 15) is 4.39 Å². The Labute approximate surface area is 79.5 Å². The van der Waals surface area contributed by atoms with Crippen LogP contribution in [-0.4, -0.2) is 21.4 Å². The fourth-order valence-electron chi connectivity index (χ4n) is 0.972. The summed E-state index contributed by atoms with van der Waals surface area (Å²) in [6, 6.07) is 6.38. The minimum Gasteiger partial charge on any atom is -0.244 e. The molecule has 0 atom stereocenters. The van der Waals surface area contributed by atoms with Crippen LogP contribution in [0.1, 0.15) is 5.56 Å². The summed E-state index contributed by atoms with van der Waals surface area (Å²) < 4.78 is 13.1. The summed E-state index contributed by atoms with van der Waals surface area (Å²) >= 11 is 0. The Balaban J connectivity index is 2.23. The van der Waals surface area contributed by atoms with Gasteiger partial charge < -0.3 is 0 Å². The van der Waals surface area contributed by atoms with E-state index in [-0.39, 0.29) is 5.82 Å². The summed E-state index contributed by atoms with van der Waals surface area (Å²) in [5, 5.41) is 6.16. The Morgan fingerprint density at radius 1 is 1.36 bits per heavy atom. The Hall–Kier alpha value is -2.04. The molecular weight excluding hydrogens is 183 g/mol. The van der Waals surface area contributed by atoms with Crippen LogP contribution >= 0.6 is 0 Å². The molecule has 0 amide bonds. The lowest BCUT2D eigenvalue weighted by Gasteiger charge is -1.92. The smallest absolute Gasteiger partial charge is 0.244 e. The van der Waals surface area contributed by atoms with Gasteiger partial charge in [0, 0.05) is 11.8 Å². The molecule has 4 nitrogen and oxygen atoms in total. The van der Waals surface area contributed by atoms with Gasteiger partial charge in [-0.25, -0.2) is 14.5 Å². The molecule has 0 radical (unpaired) electrons. The second-order valence-corrected chi connectivity index (χ2v) is 2.59. The van der Waals surface area contributed by atoms with Gasteiger partial charge in [-0.05, 0) is 6.07 Å². The summed E-state index contributed by atoms with van der Waals surface area (Å²) in [5.41, 5.74) is 0.420. The molecule has 70 valence electrons. The van der Waals surface area contributed by atoms with Gasteiger partial charge in [0.2, 0.25) is 5.95 Å². The second-order valence-electron chi connectivity index (χ2n) is 2.59. The molecule has 0 saturated carbocycles. The van der Waals surface area contributed by atoms with Crippen LogP contribution in [0.15, 0.2) is 35.6 Å². The van der Waals surface area contributed by atoms with Crippen LogP contribution in [0.2, 0.25) is 0 Å². The molecule has 1 heterocycles. The van der Waals surface area contributed by atoms with Crippen molar-refractivity contribution in [3.8, 4) is 0 Å². The molecule has 1 aromatic carbocycles. The van der Waals surface area contributed by atoms with E-state index in [1.54, 1.807) is 18.2 Å². The van der Waals surface area contributed by atoms with Gasteiger partial charge in [-0.15, -0.1) is 0 Å². The van der Waals surface area contributed by atoms with Crippen molar-refractivity contribution in [2.75, 3.05) is 0 Å². The molecule has 0 saturated heterocycles. The summed E-state index contributed by atoms with van der Waals surface area (Å²) in [6.45, 7) is 0. The molecule has 0 aliphatic heterocycles. The Morgan fingerprint density at radius 3 is 2.93 bits per heavy atom. The van der Waals surface area contributed by atoms with E-state index in [0.29, 0.717) is 11.5 Å². The first-order valence-electron chi connectivity index (χ1n) is 4.00. The number of halogens is 1. The predicted molar refractivity (Wildman–Crippen MR) is 50.0 cm³/mol. The maximum absolute atomic E-state index is 13.1. The van der Waals surface area contributed by atoms with Gasteiger partial charge in [-0.3, -0.25) is 0 Å². The number of hydrogen-bond acceptors (Lipinski definition) is 3. The first-order valence-corrected chi connectivity index (χ1v) is 4.00. The van der Waals surface area contributed by atoms with E-state index < -0.39 is 0 Å². The number of rotatable bonds is 2. The minimum absolute atomic E-state index is 0.309. The van der Waals surface area contributed by atoms with Gasteiger partial charge in [0.1, 0.15) is 12.1 Å². The standard InChI is InChI=1S/C9H7FN4/c10-8-4-2-1-3-7(8)5-11-9-12-6-13-14-9/h1-6H,(H,12,13,14). The number of aliphatic imine (C=N–C) groups is 1. The van der Waals surface area contributed by atoms with Gasteiger partial charge in [-0.1, -0.05) is 18.2 Å². The molecule has 0 spiro atoms. The number of H-pyrrole nitrogens is 1. The average Bonchev–Trinajstić information content (AvgIpc) is 2.69. The van der Waals surface area contributed by atoms with Crippen LogP contribution in [-0.2, 0) is 0 Å². The van der Waals surface area contributed by atoms with Crippen molar-refractivity contribution >= 4 is 12.2 Å². The van der Waals surface area contributed by atoms with Gasteiger partial charge >= 0.3 is 0 Å². The summed E-state index contributed by atoms with van der Waals surface area (Å²) in [6.07, 6.45) is 2.74. The number of nitrogens with one attached hydrogen (secondary N) is 1. The van der Waals surface area contributed by atoms with Crippen LogP contribution < -0.4 is 0 Å². The number of nitrogens with zero attached hydrogens (tertiary/aromatic N) is 3. The summed E-state index contributed by atoms with van der Waals surface area (Å²) in [4.78, 5) is 7.68. The molecule has 1 aromatic heterocycles. The van der Waals surface area contributed by atoms with Crippen molar-refractivity contribution in [2.24, 2.45) is 4.99 Å². The zero-order valence-electron chi connectivity index (χ0n) is 7.18. The maximum Gasteiger partial charge on any atom is 0.245 e. The average molecular weight is 190 g/mol. The highest BCUT2D eigenvalue weighted by atomic mass is 19.1. The number of benzene rings is 1. The SMILES string of the molecule is Fc1ccccc1C=Nc1ncn[nH]1. The highest BCUT2D eigenvalue weighted by Gasteiger charge is 1.96. The van der Waals surface area contributed by atoms with Crippen LogP contribution in [0, 0.1) is 5.82 Å². The molecule has 0 bridgehead atoms. The Morgan fingerprint density at radius 2 is 2.21 bits per heavy atom. The first kappa shape index (κ1) is 8.55. The highest BCUT2D eigenvalue weighted by Crippen LogP contribution is 2.05. The summed E-state index contributed by atoms with van der Waals surface area (Å²) in [5.74, 6) is 0.0454. The zero-order chi connectivity index (χ0) is 9.80. The molecule has 0 fully saturated rings. The van der Waals surface area contributed by atoms with Crippen LogP contribution in [0.5, 0.6) is 0 Å². The van der Waals surface area contributed by atoms with Crippen molar-refractivity contribution in [1.29, 1.82) is 0 Å². The van der Waals surface area contributed by atoms with E-state index in [2.05, 4.69) is 20.2 Å². The van der Waals surface area contributed by atoms with Gasteiger partial charge in [0.15, 0.2) is 0 Å². The predicted octanol–water partition coefficient (Wildman–Crippen LogP) is 1.69. The normalized spacial score (nSPS) is 10.9. The monoisotopic (exact) mass is 190 g/mol. The zero-order valence-corrected chi connectivity index (χ0v) is 7.18. The third kappa shape index (κ3) is 1.82. The Bertz CT molecular complexity index is 436. The molecule has 0 aliphatic carbocycles. The van der Waals surface area contributed by atoms with Crippen molar-refractivity contribution in [1.82, 2.24) is 15.2 Å². The van der Waals surface area contributed by atoms with Gasteiger partial charge in [0.25, 0.3) is 0 Å². The van der Waals surface area contributed by atoms with Crippen LogP contribution in [0.3, 0.4) is 0 Å². The second kappa shape index (κ2) is 3.78. The molecule has 0 aliphatic rings. The molecule has 2 rings (SSSR count). The van der Waals surface area contributed by atoms with Crippen LogP contribution in [0.25, 0.3) is 0 Å². The maximum atomic E-state index is 13.1. The van der Waals surface area contributed by atoms with E-state index in [0.717, 1.165) is 0 Å². The third-order valence-electron chi connectivity index (χ3n) is 1.63. The van der Waals surface area contributed by atoms with Crippen molar-refractivity contribution in [2.45, 2.75) is 0 Å². The molecule has 14 heavy (non-hydrogen) atoms. The van der Waals surface area contributed by atoms with E-state index in [4.69, 9.17) is 0 Å². The largest absolute Gasteiger partial charge is 0.245 e. The molecular formula is C9H7FN4. The lowest BCUT2D eigenvalue weighted by atomic mass is 10.2. The number of hydrogen-bond donors (Lipinski definition) is 1. The fourth-order valence-corrected chi connectivity index (χ4v) is 0.972. The highest BCUT2D eigenvalue weighted by molar-refractivity contribution is 5.81. The lowest BCUT2D eigenvalue weighted by molar-refractivity contribution is 0.626. The minimum atomic E-state index is -0.309. The molecule has 2 aromatic rings. The van der Waals surface area contributed by atoms with Gasteiger partial charge in [-0.2, -0.15) is 10.1 Å².